The summed E-state index contributed by atoms with van der Waals surface area (Å²) in [5, 5.41) is 2.25. The highest BCUT2D eigenvalue weighted by Crippen LogP contribution is 1.97. The van der Waals surface area contributed by atoms with Gasteiger partial charge in [0.2, 0.25) is 0 Å². The van der Waals surface area contributed by atoms with E-state index in [0.29, 0.717) is 12.3 Å². The van der Waals surface area contributed by atoms with Crippen LogP contribution in [0.3, 0.4) is 0 Å². The zero-order chi connectivity index (χ0) is 13.0. The van der Waals surface area contributed by atoms with E-state index in [1.165, 1.54) is 20.2 Å². The minimum absolute atomic E-state index is 0.0795. The number of carbonyl (C=O) groups is 1. The van der Waals surface area contributed by atoms with Crippen LogP contribution in [-0.4, -0.2) is 32.6 Å². The number of nitrogens with two attached hydrogens (primary N) is 1. The Morgan fingerprint density at radius 2 is 2.19 bits per heavy atom. The largest absolute Gasteiger partial charge is 0.453 e. The van der Waals surface area contributed by atoms with E-state index in [1.807, 2.05) is 6.92 Å². The van der Waals surface area contributed by atoms with Crippen molar-refractivity contribution in [2.45, 2.75) is 20.3 Å². The molecule has 0 aromatic rings. The Bertz CT molecular complexity index is 242. The van der Waals surface area contributed by atoms with Crippen molar-refractivity contribution >= 4 is 11.9 Å². The molecule has 0 spiro atoms. The molecule has 0 atom stereocenters. The maximum atomic E-state index is 12.5. The van der Waals surface area contributed by atoms with Gasteiger partial charge in [-0.3, -0.25) is 4.99 Å². The van der Waals surface area contributed by atoms with Crippen LogP contribution in [0.5, 0.6) is 0 Å². The lowest BCUT2D eigenvalue weighted by atomic mass is 10.4. The second-order valence-corrected chi connectivity index (χ2v) is 2.76. The Morgan fingerprint density at radius 3 is 2.44 bits per heavy atom. The molecule has 0 aromatic carbocycles. The second kappa shape index (κ2) is 11.5. The maximum Gasteiger partial charge on any atom is 0.406 e. The van der Waals surface area contributed by atoms with Crippen LogP contribution in [0.1, 0.15) is 20.3 Å². The smallest absolute Gasteiger partial charge is 0.406 e. The number of nitrogens with zero attached hydrogens (tertiary/aromatic N) is 1. The monoisotopic (exact) mass is 233 g/mol. The van der Waals surface area contributed by atoms with Gasteiger partial charge in [0.05, 0.1) is 19.5 Å². The summed E-state index contributed by atoms with van der Waals surface area (Å²) in [6.07, 6.45) is 1.78. The molecule has 3 N–H and O–H groups in total. The summed E-state index contributed by atoms with van der Waals surface area (Å²) in [6.45, 7) is 3.59. The third-order valence-corrected chi connectivity index (χ3v) is 1.29. The summed E-state index contributed by atoms with van der Waals surface area (Å²) in [7, 11) is 2.82. The number of amides is 1. The van der Waals surface area contributed by atoms with Gasteiger partial charge in [-0.2, -0.15) is 0 Å². The number of hydrogen-bond donors (Lipinski definition) is 2. The van der Waals surface area contributed by atoms with Crippen molar-refractivity contribution in [1.29, 1.82) is 0 Å². The van der Waals surface area contributed by atoms with Crippen molar-refractivity contribution in [2.24, 2.45) is 10.7 Å². The quantitative estimate of drug-likeness (QED) is 0.574. The molecule has 0 aliphatic carbocycles. The highest BCUT2D eigenvalue weighted by atomic mass is 19.1. The number of halogens is 1. The lowest BCUT2D eigenvalue weighted by Gasteiger charge is -1.90. The number of aliphatic imine (C=N–C) groups is 1. The SMILES string of the molecule is CC/C=C(/F)CN=C(C)N.CNC(=O)OC. The average molecular weight is 233 g/mol. The van der Waals surface area contributed by atoms with Gasteiger partial charge in [0.25, 0.3) is 0 Å². The number of nitrogens with one attached hydrogen (secondary N) is 1. The molecule has 0 fully saturated rings. The van der Waals surface area contributed by atoms with Gasteiger partial charge >= 0.3 is 6.09 Å². The van der Waals surface area contributed by atoms with E-state index in [0.717, 1.165) is 0 Å². The van der Waals surface area contributed by atoms with Crippen LogP contribution in [0.25, 0.3) is 0 Å². The highest BCUT2D eigenvalue weighted by Gasteiger charge is 1.89. The summed E-state index contributed by atoms with van der Waals surface area (Å²) in [4.78, 5) is 13.5. The lowest BCUT2D eigenvalue weighted by molar-refractivity contribution is 0.173. The van der Waals surface area contributed by atoms with Crippen LogP contribution in [-0.2, 0) is 4.74 Å². The summed E-state index contributed by atoms with van der Waals surface area (Å²) in [5.74, 6) is 0.201. The van der Waals surface area contributed by atoms with E-state index >= 15 is 0 Å². The van der Waals surface area contributed by atoms with Crippen molar-refractivity contribution in [3.8, 4) is 0 Å². The normalized spacial score (nSPS) is 11.3. The van der Waals surface area contributed by atoms with Crippen LogP contribution in [0.2, 0.25) is 0 Å². The molecule has 0 aliphatic heterocycles. The molecule has 0 aliphatic rings. The maximum absolute atomic E-state index is 12.5. The molecule has 0 radical (unpaired) electrons. The minimum atomic E-state index is -0.407. The summed E-state index contributed by atoms with van der Waals surface area (Å²) in [5.41, 5.74) is 5.19. The zero-order valence-electron chi connectivity index (χ0n) is 10.2. The van der Waals surface area contributed by atoms with Gasteiger partial charge < -0.3 is 15.8 Å². The Hall–Kier alpha value is -1.59. The number of methoxy groups -OCH3 is 1. The van der Waals surface area contributed by atoms with Crippen molar-refractivity contribution in [3.05, 3.63) is 11.9 Å². The fourth-order valence-corrected chi connectivity index (χ4v) is 0.588. The predicted octanol–water partition coefficient (Wildman–Crippen LogP) is 1.60. The van der Waals surface area contributed by atoms with Crippen LogP contribution in [0, 0.1) is 0 Å². The molecule has 6 heteroatoms. The number of carbonyl (C=O) groups excluding carboxylic acids is 1. The fourth-order valence-electron chi connectivity index (χ4n) is 0.588. The molecular weight excluding hydrogens is 213 g/mol. The number of allylic oxidation sites excluding steroid dienone is 1. The number of rotatable bonds is 3. The van der Waals surface area contributed by atoms with E-state index in [9.17, 15) is 9.18 Å². The summed E-state index contributed by atoms with van der Waals surface area (Å²) < 4.78 is 16.6. The molecule has 0 bridgehead atoms. The lowest BCUT2D eigenvalue weighted by Crippen LogP contribution is -2.16. The Morgan fingerprint density at radius 1 is 1.62 bits per heavy atom. The molecule has 0 saturated heterocycles. The van der Waals surface area contributed by atoms with Crippen molar-refractivity contribution in [1.82, 2.24) is 5.32 Å². The third kappa shape index (κ3) is 14.9. The molecule has 0 saturated carbocycles. The number of ether oxygens (including phenoxy) is 1. The van der Waals surface area contributed by atoms with Gasteiger partial charge in [0, 0.05) is 7.05 Å². The zero-order valence-corrected chi connectivity index (χ0v) is 10.2. The molecular formula is C10H20FN3O2. The molecule has 16 heavy (non-hydrogen) atoms. The number of amidine groups is 1. The first-order chi connectivity index (χ1) is 7.47. The predicted molar refractivity (Wildman–Crippen MR) is 63.1 cm³/mol. The van der Waals surface area contributed by atoms with Gasteiger partial charge in [-0.15, -0.1) is 0 Å². The van der Waals surface area contributed by atoms with E-state index in [1.54, 1.807) is 6.92 Å². The average Bonchev–Trinajstić information content (AvgIpc) is 2.26. The van der Waals surface area contributed by atoms with Gasteiger partial charge in [0.15, 0.2) is 0 Å². The first-order valence-electron chi connectivity index (χ1n) is 4.84. The summed E-state index contributed by atoms with van der Waals surface area (Å²) in [6, 6.07) is 0. The van der Waals surface area contributed by atoms with Gasteiger partial charge in [-0.25, -0.2) is 9.18 Å². The minimum Gasteiger partial charge on any atom is -0.453 e. The van der Waals surface area contributed by atoms with Crippen molar-refractivity contribution in [3.63, 3.8) is 0 Å². The van der Waals surface area contributed by atoms with E-state index in [2.05, 4.69) is 15.0 Å². The Balaban J connectivity index is 0. The topological polar surface area (TPSA) is 76.7 Å². The first-order valence-corrected chi connectivity index (χ1v) is 4.84. The van der Waals surface area contributed by atoms with Gasteiger partial charge in [-0.1, -0.05) is 13.0 Å². The highest BCUT2D eigenvalue weighted by molar-refractivity contribution is 5.77. The first kappa shape index (κ1) is 16.8. The Labute approximate surface area is 95.6 Å². The number of hydrogen-bond acceptors (Lipinski definition) is 3. The van der Waals surface area contributed by atoms with Crippen LogP contribution in [0.15, 0.2) is 16.9 Å². The fraction of sp³-hybridized carbons (Fsp3) is 0.600. The molecule has 0 rings (SSSR count). The number of alkyl carbamates (subject to hydrolysis) is 1. The summed E-state index contributed by atoms with van der Waals surface area (Å²) >= 11 is 0. The molecule has 94 valence electrons. The van der Waals surface area contributed by atoms with Crippen LogP contribution in [0.4, 0.5) is 9.18 Å². The molecule has 1 amide bonds. The van der Waals surface area contributed by atoms with E-state index in [-0.39, 0.29) is 12.4 Å². The molecule has 5 nitrogen and oxygen atoms in total. The third-order valence-electron chi connectivity index (χ3n) is 1.29. The Kier molecular flexibility index (Phi) is 12.1. The molecule has 0 unspecified atom stereocenters. The van der Waals surface area contributed by atoms with Gasteiger partial charge in [0.1, 0.15) is 5.83 Å². The standard InChI is InChI=1S/C7H13FN2.C3H7NO2/c1-3-4-7(8)5-10-6(2)9;1-4-3(5)6-2/h4H,3,5H2,1-2H3,(H2,9,10);1-2H3,(H,4,5)/b7-4+;. The van der Waals surface area contributed by atoms with Crippen LogP contribution >= 0.6 is 0 Å². The van der Waals surface area contributed by atoms with Crippen molar-refractivity contribution < 1.29 is 13.9 Å². The second-order valence-electron chi connectivity index (χ2n) is 2.76. The van der Waals surface area contributed by atoms with Crippen LogP contribution < -0.4 is 11.1 Å². The van der Waals surface area contributed by atoms with Gasteiger partial charge in [-0.05, 0) is 13.3 Å². The van der Waals surface area contributed by atoms with E-state index in [4.69, 9.17) is 5.73 Å². The molecule has 0 heterocycles. The van der Waals surface area contributed by atoms with E-state index < -0.39 is 6.09 Å². The van der Waals surface area contributed by atoms with Crippen molar-refractivity contribution in [2.75, 3.05) is 20.7 Å². The molecule has 0 aromatic heterocycles.